The van der Waals surface area contributed by atoms with Gasteiger partial charge in [0.15, 0.2) is 5.82 Å². The first kappa shape index (κ1) is 13.1. The van der Waals surface area contributed by atoms with Crippen molar-refractivity contribution in [3.63, 3.8) is 0 Å². The van der Waals surface area contributed by atoms with Crippen LogP contribution in [0.5, 0.6) is 0 Å². The van der Waals surface area contributed by atoms with Crippen LogP contribution in [0.4, 0.5) is 11.6 Å². The normalized spacial score (nSPS) is 10.4. The molecule has 18 heavy (non-hydrogen) atoms. The molecular weight excluding hydrogens is 316 g/mol. The van der Waals surface area contributed by atoms with E-state index in [1.807, 2.05) is 30.1 Å². The smallest absolute Gasteiger partial charge is 0.153 e. The first-order chi connectivity index (χ1) is 8.58. The number of anilines is 2. The first-order valence-electron chi connectivity index (χ1n) is 5.29. The SMILES string of the molecule is CN(Cc1cccc(Br)c1)c1ncnc(N)c1Cl. The maximum absolute atomic E-state index is 6.08. The molecule has 1 heterocycles. The molecule has 0 saturated carbocycles. The van der Waals surface area contributed by atoms with Gasteiger partial charge in [-0.25, -0.2) is 9.97 Å². The number of hydrogen-bond donors (Lipinski definition) is 1. The van der Waals surface area contributed by atoms with Gasteiger partial charge in [0.1, 0.15) is 17.2 Å². The Labute approximate surface area is 119 Å². The minimum atomic E-state index is 0.294. The van der Waals surface area contributed by atoms with Crippen LogP contribution in [0.25, 0.3) is 0 Å². The lowest BCUT2D eigenvalue weighted by atomic mass is 10.2. The van der Waals surface area contributed by atoms with Gasteiger partial charge in [0.2, 0.25) is 0 Å². The van der Waals surface area contributed by atoms with Gasteiger partial charge in [-0.05, 0) is 17.7 Å². The predicted octanol–water partition coefficient (Wildman–Crippen LogP) is 3.11. The third-order valence-electron chi connectivity index (χ3n) is 2.47. The number of hydrogen-bond acceptors (Lipinski definition) is 4. The van der Waals surface area contributed by atoms with Crippen LogP contribution in [0.1, 0.15) is 5.56 Å². The number of rotatable bonds is 3. The summed E-state index contributed by atoms with van der Waals surface area (Å²) in [5.74, 6) is 0.923. The van der Waals surface area contributed by atoms with E-state index in [0.717, 1.165) is 10.0 Å². The summed E-state index contributed by atoms with van der Waals surface area (Å²) in [7, 11) is 1.91. The Balaban J connectivity index is 2.22. The average Bonchev–Trinajstić information content (AvgIpc) is 2.32. The van der Waals surface area contributed by atoms with Crippen LogP contribution in [0.3, 0.4) is 0 Å². The number of benzene rings is 1. The Bertz CT molecular complexity index is 562. The Hall–Kier alpha value is -1.33. The third-order valence-corrected chi connectivity index (χ3v) is 3.32. The molecule has 0 aliphatic carbocycles. The Morgan fingerprint density at radius 1 is 1.39 bits per heavy atom. The monoisotopic (exact) mass is 326 g/mol. The second-order valence-electron chi connectivity index (χ2n) is 3.88. The van der Waals surface area contributed by atoms with E-state index in [2.05, 4.69) is 32.0 Å². The Kier molecular flexibility index (Phi) is 4.04. The molecule has 4 nitrogen and oxygen atoms in total. The van der Waals surface area contributed by atoms with Crippen LogP contribution in [0.2, 0.25) is 5.02 Å². The molecule has 0 bridgehead atoms. The first-order valence-corrected chi connectivity index (χ1v) is 6.46. The molecule has 2 N–H and O–H groups in total. The molecule has 0 atom stereocenters. The van der Waals surface area contributed by atoms with Crippen molar-refractivity contribution in [2.75, 3.05) is 17.7 Å². The molecule has 0 aliphatic heterocycles. The molecule has 0 radical (unpaired) electrons. The van der Waals surface area contributed by atoms with Crippen LogP contribution in [-0.4, -0.2) is 17.0 Å². The number of nitrogen functional groups attached to an aromatic ring is 1. The minimum Gasteiger partial charge on any atom is -0.382 e. The van der Waals surface area contributed by atoms with E-state index in [9.17, 15) is 0 Å². The fourth-order valence-electron chi connectivity index (χ4n) is 1.62. The molecule has 6 heteroatoms. The van der Waals surface area contributed by atoms with Gasteiger partial charge < -0.3 is 10.6 Å². The summed E-state index contributed by atoms with van der Waals surface area (Å²) < 4.78 is 1.04. The van der Waals surface area contributed by atoms with E-state index in [-0.39, 0.29) is 0 Å². The molecule has 2 aromatic rings. The zero-order chi connectivity index (χ0) is 13.1. The van der Waals surface area contributed by atoms with Crippen LogP contribution in [0.15, 0.2) is 35.1 Å². The van der Waals surface area contributed by atoms with Crippen molar-refractivity contribution in [2.24, 2.45) is 0 Å². The lowest BCUT2D eigenvalue weighted by Gasteiger charge is -2.19. The van der Waals surface area contributed by atoms with Crippen molar-refractivity contribution >= 4 is 39.2 Å². The summed E-state index contributed by atoms with van der Waals surface area (Å²) >= 11 is 9.53. The molecule has 0 saturated heterocycles. The fourth-order valence-corrected chi connectivity index (χ4v) is 2.31. The van der Waals surface area contributed by atoms with Gasteiger partial charge in [-0.3, -0.25) is 0 Å². The van der Waals surface area contributed by atoms with Gasteiger partial charge >= 0.3 is 0 Å². The minimum absolute atomic E-state index is 0.294. The molecule has 1 aromatic carbocycles. The Morgan fingerprint density at radius 3 is 2.89 bits per heavy atom. The number of aromatic nitrogens is 2. The molecule has 0 amide bonds. The topological polar surface area (TPSA) is 55.0 Å². The zero-order valence-corrected chi connectivity index (χ0v) is 12.1. The van der Waals surface area contributed by atoms with Gasteiger partial charge in [0.25, 0.3) is 0 Å². The van der Waals surface area contributed by atoms with Crippen molar-refractivity contribution in [1.29, 1.82) is 0 Å². The standard InChI is InChI=1S/C12H12BrClN4/c1-18(6-8-3-2-4-9(13)5-8)12-10(14)11(15)16-7-17-12/h2-5,7H,6H2,1H3,(H2,15,16,17). The van der Waals surface area contributed by atoms with E-state index < -0.39 is 0 Å². The van der Waals surface area contributed by atoms with Crippen LogP contribution >= 0.6 is 27.5 Å². The third kappa shape index (κ3) is 2.91. The van der Waals surface area contributed by atoms with Crippen LogP contribution in [-0.2, 0) is 6.54 Å². The van der Waals surface area contributed by atoms with E-state index in [0.29, 0.717) is 23.2 Å². The summed E-state index contributed by atoms with van der Waals surface area (Å²) in [6, 6.07) is 8.07. The highest BCUT2D eigenvalue weighted by Gasteiger charge is 2.11. The van der Waals surface area contributed by atoms with Crippen molar-refractivity contribution in [2.45, 2.75) is 6.54 Å². The van der Waals surface area contributed by atoms with Gasteiger partial charge in [0.05, 0.1) is 0 Å². The summed E-state index contributed by atoms with van der Waals surface area (Å²) in [5, 5.41) is 0.384. The maximum Gasteiger partial charge on any atom is 0.153 e. The lowest BCUT2D eigenvalue weighted by molar-refractivity contribution is 0.891. The molecule has 0 fully saturated rings. The Morgan fingerprint density at radius 2 is 2.17 bits per heavy atom. The largest absolute Gasteiger partial charge is 0.382 e. The van der Waals surface area contributed by atoms with Crippen molar-refractivity contribution in [1.82, 2.24) is 9.97 Å². The van der Waals surface area contributed by atoms with Gasteiger partial charge in [-0.15, -0.1) is 0 Å². The maximum atomic E-state index is 6.08. The zero-order valence-electron chi connectivity index (χ0n) is 9.77. The molecule has 2 rings (SSSR count). The number of halogens is 2. The summed E-state index contributed by atoms with van der Waals surface area (Å²) in [4.78, 5) is 9.92. The second kappa shape index (κ2) is 5.54. The highest BCUT2D eigenvalue weighted by atomic mass is 79.9. The van der Waals surface area contributed by atoms with Crippen LogP contribution in [0, 0.1) is 0 Å². The molecule has 0 spiro atoms. The molecule has 1 aromatic heterocycles. The second-order valence-corrected chi connectivity index (χ2v) is 5.18. The summed E-state index contributed by atoms with van der Waals surface area (Å²) in [6.45, 7) is 0.690. The average molecular weight is 328 g/mol. The number of nitrogens with two attached hydrogens (primary N) is 1. The quantitative estimate of drug-likeness (QED) is 0.941. The van der Waals surface area contributed by atoms with Crippen molar-refractivity contribution < 1.29 is 0 Å². The van der Waals surface area contributed by atoms with Gasteiger partial charge in [-0.2, -0.15) is 0 Å². The lowest BCUT2D eigenvalue weighted by Crippen LogP contribution is -2.18. The van der Waals surface area contributed by atoms with E-state index in [4.69, 9.17) is 17.3 Å². The summed E-state index contributed by atoms with van der Waals surface area (Å²) in [6.07, 6.45) is 1.41. The predicted molar refractivity (Wildman–Crippen MR) is 77.7 cm³/mol. The summed E-state index contributed by atoms with van der Waals surface area (Å²) in [5.41, 5.74) is 6.81. The highest BCUT2D eigenvalue weighted by Crippen LogP contribution is 2.27. The number of nitrogens with zero attached hydrogens (tertiary/aromatic N) is 3. The van der Waals surface area contributed by atoms with E-state index >= 15 is 0 Å². The van der Waals surface area contributed by atoms with Crippen molar-refractivity contribution in [3.05, 3.63) is 45.7 Å². The van der Waals surface area contributed by atoms with Crippen LogP contribution < -0.4 is 10.6 Å². The van der Waals surface area contributed by atoms with Gasteiger partial charge in [-0.1, -0.05) is 39.7 Å². The van der Waals surface area contributed by atoms with E-state index in [1.54, 1.807) is 0 Å². The molecule has 94 valence electrons. The van der Waals surface area contributed by atoms with Crippen molar-refractivity contribution in [3.8, 4) is 0 Å². The molecule has 0 unspecified atom stereocenters. The van der Waals surface area contributed by atoms with Gasteiger partial charge in [0, 0.05) is 18.1 Å². The fraction of sp³-hybridized carbons (Fsp3) is 0.167. The molecule has 0 aliphatic rings. The molecular formula is C12H12BrClN4. The highest BCUT2D eigenvalue weighted by molar-refractivity contribution is 9.10. The van der Waals surface area contributed by atoms with E-state index in [1.165, 1.54) is 6.33 Å².